The average molecular weight is 270 g/mol. The SMILES string of the molecule is CCOC(=O)C(C(=O)OCC)[C@H]1C[C@H](O)CC=C1C. The van der Waals surface area contributed by atoms with Gasteiger partial charge in [-0.3, -0.25) is 9.59 Å². The van der Waals surface area contributed by atoms with Crippen LogP contribution in [0.2, 0.25) is 0 Å². The number of aliphatic hydroxyl groups is 1. The predicted octanol–water partition coefficient (Wildman–Crippen LogP) is 1.45. The molecular weight excluding hydrogens is 248 g/mol. The molecule has 0 aromatic carbocycles. The van der Waals surface area contributed by atoms with Crippen LogP contribution in [0, 0.1) is 11.8 Å². The molecule has 19 heavy (non-hydrogen) atoms. The maximum absolute atomic E-state index is 12.0. The Morgan fingerprint density at radius 1 is 1.32 bits per heavy atom. The number of carbonyl (C=O) groups excluding carboxylic acids is 2. The number of ether oxygens (including phenoxy) is 2. The minimum Gasteiger partial charge on any atom is -0.465 e. The Kier molecular flexibility index (Phi) is 6.02. The van der Waals surface area contributed by atoms with Gasteiger partial charge in [-0.2, -0.15) is 0 Å². The Balaban J connectivity index is 2.95. The van der Waals surface area contributed by atoms with Gasteiger partial charge in [-0.1, -0.05) is 11.6 Å². The zero-order chi connectivity index (χ0) is 14.4. The average Bonchev–Trinajstić information content (AvgIpc) is 2.34. The summed E-state index contributed by atoms with van der Waals surface area (Å²) in [6.45, 7) is 5.68. The summed E-state index contributed by atoms with van der Waals surface area (Å²) >= 11 is 0. The Hall–Kier alpha value is -1.36. The molecule has 1 aliphatic carbocycles. The molecule has 0 unspecified atom stereocenters. The van der Waals surface area contributed by atoms with Crippen LogP contribution in [-0.4, -0.2) is 36.4 Å². The number of carbonyl (C=O) groups is 2. The highest BCUT2D eigenvalue weighted by Crippen LogP contribution is 2.32. The Morgan fingerprint density at radius 2 is 1.84 bits per heavy atom. The van der Waals surface area contributed by atoms with Crippen LogP contribution in [0.3, 0.4) is 0 Å². The van der Waals surface area contributed by atoms with Crippen LogP contribution in [0.5, 0.6) is 0 Å². The number of esters is 2. The summed E-state index contributed by atoms with van der Waals surface area (Å²) in [7, 11) is 0. The fourth-order valence-corrected chi connectivity index (χ4v) is 2.34. The summed E-state index contributed by atoms with van der Waals surface area (Å²) in [6.07, 6.45) is 2.27. The van der Waals surface area contributed by atoms with Gasteiger partial charge in [0.05, 0.1) is 19.3 Å². The van der Waals surface area contributed by atoms with E-state index in [0.717, 1.165) is 5.57 Å². The van der Waals surface area contributed by atoms with E-state index in [-0.39, 0.29) is 19.1 Å². The van der Waals surface area contributed by atoms with Gasteiger partial charge >= 0.3 is 11.9 Å². The molecule has 1 N–H and O–H groups in total. The van der Waals surface area contributed by atoms with Crippen LogP contribution in [-0.2, 0) is 19.1 Å². The summed E-state index contributed by atoms with van der Waals surface area (Å²) in [6, 6.07) is 0. The van der Waals surface area contributed by atoms with Crippen molar-refractivity contribution in [1.29, 1.82) is 0 Å². The minimum absolute atomic E-state index is 0.215. The number of hydrogen-bond acceptors (Lipinski definition) is 5. The van der Waals surface area contributed by atoms with E-state index in [1.54, 1.807) is 13.8 Å². The van der Waals surface area contributed by atoms with Gasteiger partial charge in [-0.25, -0.2) is 0 Å². The summed E-state index contributed by atoms with van der Waals surface area (Å²) in [5, 5.41) is 9.72. The molecule has 5 heteroatoms. The van der Waals surface area contributed by atoms with Gasteiger partial charge in [0.15, 0.2) is 5.92 Å². The lowest BCUT2D eigenvalue weighted by Crippen LogP contribution is -2.38. The lowest BCUT2D eigenvalue weighted by molar-refractivity contribution is -0.164. The lowest BCUT2D eigenvalue weighted by Gasteiger charge is -2.29. The van der Waals surface area contributed by atoms with E-state index in [1.807, 2.05) is 13.0 Å². The van der Waals surface area contributed by atoms with Crippen molar-refractivity contribution in [3.63, 3.8) is 0 Å². The highest BCUT2D eigenvalue weighted by molar-refractivity contribution is 5.95. The molecule has 2 atom stereocenters. The molecule has 0 aliphatic heterocycles. The first-order valence-electron chi connectivity index (χ1n) is 6.69. The van der Waals surface area contributed by atoms with Crippen LogP contribution in [0.1, 0.15) is 33.6 Å². The number of hydrogen-bond donors (Lipinski definition) is 1. The quantitative estimate of drug-likeness (QED) is 0.465. The first-order valence-corrected chi connectivity index (χ1v) is 6.69. The van der Waals surface area contributed by atoms with Crippen LogP contribution < -0.4 is 0 Å². The van der Waals surface area contributed by atoms with E-state index in [2.05, 4.69) is 0 Å². The van der Waals surface area contributed by atoms with E-state index < -0.39 is 24.0 Å². The van der Waals surface area contributed by atoms with Gasteiger partial charge in [-0.15, -0.1) is 0 Å². The van der Waals surface area contributed by atoms with Crippen molar-refractivity contribution in [1.82, 2.24) is 0 Å². The van der Waals surface area contributed by atoms with Gasteiger partial charge in [0.1, 0.15) is 0 Å². The molecule has 0 aromatic rings. The second-order valence-corrected chi connectivity index (χ2v) is 4.66. The zero-order valence-electron chi connectivity index (χ0n) is 11.7. The fourth-order valence-electron chi connectivity index (χ4n) is 2.34. The molecule has 0 bridgehead atoms. The Labute approximate surface area is 113 Å². The molecule has 0 saturated carbocycles. The van der Waals surface area contributed by atoms with Crippen molar-refractivity contribution >= 4 is 11.9 Å². The first kappa shape index (κ1) is 15.7. The second-order valence-electron chi connectivity index (χ2n) is 4.66. The van der Waals surface area contributed by atoms with E-state index in [9.17, 15) is 14.7 Å². The Bertz CT molecular complexity index is 343. The maximum atomic E-state index is 12.0. The lowest BCUT2D eigenvalue weighted by atomic mass is 9.78. The van der Waals surface area contributed by atoms with Crippen LogP contribution in [0.25, 0.3) is 0 Å². The standard InChI is InChI=1S/C14H22O5/c1-4-18-13(16)12(14(17)19-5-2)11-8-10(15)7-6-9(11)3/h6,10-12,15H,4-5,7-8H2,1-3H3/t10-,11+/m1/s1. The molecule has 1 aliphatic rings. The number of aliphatic hydroxyl groups excluding tert-OH is 1. The molecule has 108 valence electrons. The van der Waals surface area contributed by atoms with Crippen LogP contribution >= 0.6 is 0 Å². The third-order valence-corrected chi connectivity index (χ3v) is 3.31. The predicted molar refractivity (Wildman–Crippen MR) is 69.2 cm³/mol. The summed E-state index contributed by atoms with van der Waals surface area (Å²) in [5.74, 6) is -2.48. The van der Waals surface area contributed by atoms with Crippen molar-refractivity contribution in [2.24, 2.45) is 11.8 Å². The van der Waals surface area contributed by atoms with Crippen LogP contribution in [0.15, 0.2) is 11.6 Å². The maximum Gasteiger partial charge on any atom is 0.320 e. The van der Waals surface area contributed by atoms with Gasteiger partial charge in [0.2, 0.25) is 0 Å². The molecule has 0 spiro atoms. The number of rotatable bonds is 5. The van der Waals surface area contributed by atoms with Gasteiger partial charge in [-0.05, 0) is 33.6 Å². The zero-order valence-corrected chi connectivity index (χ0v) is 11.7. The van der Waals surface area contributed by atoms with E-state index >= 15 is 0 Å². The van der Waals surface area contributed by atoms with Gasteiger partial charge in [0, 0.05) is 5.92 Å². The largest absolute Gasteiger partial charge is 0.465 e. The van der Waals surface area contributed by atoms with Crippen molar-refractivity contribution in [3.05, 3.63) is 11.6 Å². The topological polar surface area (TPSA) is 72.8 Å². The van der Waals surface area contributed by atoms with E-state index in [0.29, 0.717) is 12.8 Å². The molecule has 5 nitrogen and oxygen atoms in total. The number of allylic oxidation sites excluding steroid dienone is 1. The molecular formula is C14H22O5. The minimum atomic E-state index is -0.980. The van der Waals surface area contributed by atoms with Crippen molar-refractivity contribution < 1.29 is 24.2 Å². The molecule has 0 fully saturated rings. The highest BCUT2D eigenvalue weighted by atomic mass is 16.6. The van der Waals surface area contributed by atoms with Gasteiger partial charge < -0.3 is 14.6 Å². The summed E-state index contributed by atoms with van der Waals surface area (Å²) in [5.41, 5.74) is 0.927. The first-order chi connectivity index (χ1) is 9.01. The van der Waals surface area contributed by atoms with Crippen molar-refractivity contribution in [2.45, 2.75) is 39.7 Å². The summed E-state index contributed by atoms with van der Waals surface area (Å²) in [4.78, 5) is 24.0. The summed E-state index contributed by atoms with van der Waals surface area (Å²) < 4.78 is 9.92. The van der Waals surface area contributed by atoms with E-state index in [4.69, 9.17) is 9.47 Å². The fraction of sp³-hybridized carbons (Fsp3) is 0.714. The normalized spacial score (nSPS) is 22.9. The second kappa shape index (κ2) is 7.28. The van der Waals surface area contributed by atoms with Crippen LogP contribution in [0.4, 0.5) is 0 Å². The molecule has 0 radical (unpaired) electrons. The smallest absolute Gasteiger partial charge is 0.320 e. The van der Waals surface area contributed by atoms with Crippen molar-refractivity contribution in [2.75, 3.05) is 13.2 Å². The third kappa shape index (κ3) is 4.06. The highest BCUT2D eigenvalue weighted by Gasteiger charge is 2.40. The van der Waals surface area contributed by atoms with Gasteiger partial charge in [0.25, 0.3) is 0 Å². The molecule has 0 amide bonds. The molecule has 0 aromatic heterocycles. The molecule has 1 rings (SSSR count). The monoisotopic (exact) mass is 270 g/mol. The Morgan fingerprint density at radius 3 is 2.32 bits per heavy atom. The van der Waals surface area contributed by atoms with Crippen molar-refractivity contribution in [3.8, 4) is 0 Å². The molecule has 0 heterocycles. The third-order valence-electron chi connectivity index (χ3n) is 3.31. The van der Waals surface area contributed by atoms with E-state index in [1.165, 1.54) is 0 Å². The molecule has 0 saturated heterocycles.